The van der Waals surface area contributed by atoms with Crippen LogP contribution in [0.4, 0.5) is 0 Å². The molecule has 1 atom stereocenters. The van der Waals surface area contributed by atoms with E-state index in [9.17, 15) is 0 Å². The maximum absolute atomic E-state index is 6.06. The van der Waals surface area contributed by atoms with Crippen molar-refractivity contribution >= 4 is 24.0 Å². The van der Waals surface area contributed by atoms with Crippen molar-refractivity contribution in [3.63, 3.8) is 0 Å². The first kappa shape index (κ1) is 10.8. The van der Waals surface area contributed by atoms with Gasteiger partial charge in [-0.15, -0.1) is 12.4 Å². The van der Waals surface area contributed by atoms with Crippen molar-refractivity contribution in [3.05, 3.63) is 34.3 Å². The molecule has 0 spiro atoms. The Morgan fingerprint density at radius 2 is 2.15 bits per heavy atom. The molecule has 1 aromatic carbocycles. The fraction of sp³-hybridized carbons (Fsp3) is 0.400. The van der Waals surface area contributed by atoms with E-state index in [1.807, 2.05) is 19.2 Å². The molecule has 0 saturated carbocycles. The van der Waals surface area contributed by atoms with Gasteiger partial charge in [0.2, 0.25) is 0 Å². The fourth-order valence-corrected chi connectivity index (χ4v) is 2.08. The first-order valence-corrected chi connectivity index (χ1v) is 4.62. The number of nitrogens with one attached hydrogen (secondary N) is 1. The molecule has 72 valence electrons. The lowest BCUT2D eigenvalue weighted by Crippen LogP contribution is -2.24. The molecule has 1 aliphatic carbocycles. The summed E-state index contributed by atoms with van der Waals surface area (Å²) >= 11 is 6.06. The second-order valence-corrected chi connectivity index (χ2v) is 3.68. The summed E-state index contributed by atoms with van der Waals surface area (Å²) in [6.07, 6.45) is 2.19. The lowest BCUT2D eigenvalue weighted by atomic mass is 10.1. The Bertz CT molecular complexity index is 299. The van der Waals surface area contributed by atoms with Crippen LogP contribution in [-0.2, 0) is 12.8 Å². The molecular formula is C10H13Cl2N. The predicted molar refractivity (Wildman–Crippen MR) is 59.0 cm³/mol. The highest BCUT2D eigenvalue weighted by Crippen LogP contribution is 2.28. The summed E-state index contributed by atoms with van der Waals surface area (Å²) in [5, 5.41) is 4.20. The van der Waals surface area contributed by atoms with Gasteiger partial charge in [0, 0.05) is 11.1 Å². The van der Waals surface area contributed by atoms with Gasteiger partial charge >= 0.3 is 0 Å². The molecule has 1 nitrogen and oxygen atoms in total. The summed E-state index contributed by atoms with van der Waals surface area (Å²) in [7, 11) is 2.00. The molecule has 0 aliphatic heterocycles. The normalized spacial score (nSPS) is 19.4. The number of fused-ring (bicyclic) bond motifs is 1. The molecule has 2 rings (SSSR count). The third-order valence-corrected chi connectivity index (χ3v) is 2.90. The SMILES string of the molecule is CNC1Cc2cccc(Cl)c2C1.Cl. The van der Waals surface area contributed by atoms with E-state index >= 15 is 0 Å². The molecule has 13 heavy (non-hydrogen) atoms. The van der Waals surface area contributed by atoms with Gasteiger partial charge in [0.1, 0.15) is 0 Å². The van der Waals surface area contributed by atoms with E-state index in [2.05, 4.69) is 11.4 Å². The predicted octanol–water partition coefficient (Wildman–Crippen LogP) is 2.45. The minimum absolute atomic E-state index is 0. The highest BCUT2D eigenvalue weighted by Gasteiger charge is 2.21. The molecule has 1 aliphatic rings. The molecule has 0 aromatic heterocycles. The first-order valence-electron chi connectivity index (χ1n) is 4.25. The Labute approximate surface area is 89.9 Å². The molecule has 0 heterocycles. The standard InChI is InChI=1S/C10H12ClN.ClH/c1-12-8-5-7-3-2-4-10(11)9(7)6-8;/h2-4,8,12H,5-6H2,1H3;1H. The third kappa shape index (κ3) is 1.98. The van der Waals surface area contributed by atoms with E-state index in [1.165, 1.54) is 11.1 Å². The van der Waals surface area contributed by atoms with Crippen molar-refractivity contribution in [1.29, 1.82) is 0 Å². The summed E-state index contributed by atoms with van der Waals surface area (Å²) in [4.78, 5) is 0. The van der Waals surface area contributed by atoms with Crippen LogP contribution in [0.1, 0.15) is 11.1 Å². The summed E-state index contributed by atoms with van der Waals surface area (Å²) in [5.74, 6) is 0. The lowest BCUT2D eigenvalue weighted by molar-refractivity contribution is 0.593. The zero-order valence-corrected chi connectivity index (χ0v) is 9.08. The van der Waals surface area contributed by atoms with Crippen LogP contribution in [0.15, 0.2) is 18.2 Å². The Kier molecular flexibility index (Phi) is 3.60. The average molecular weight is 218 g/mol. The quantitative estimate of drug-likeness (QED) is 0.763. The second kappa shape index (κ2) is 4.32. The van der Waals surface area contributed by atoms with Crippen molar-refractivity contribution in [2.75, 3.05) is 7.05 Å². The smallest absolute Gasteiger partial charge is 0.0441 e. The highest BCUT2D eigenvalue weighted by atomic mass is 35.5. The van der Waals surface area contributed by atoms with Crippen molar-refractivity contribution in [2.24, 2.45) is 0 Å². The number of halogens is 2. The van der Waals surface area contributed by atoms with Gasteiger partial charge in [-0.25, -0.2) is 0 Å². The molecule has 0 amide bonds. The maximum Gasteiger partial charge on any atom is 0.0441 e. The zero-order chi connectivity index (χ0) is 8.55. The Hall–Kier alpha value is -0.240. The van der Waals surface area contributed by atoms with Crippen LogP contribution in [0.5, 0.6) is 0 Å². The van der Waals surface area contributed by atoms with Crippen LogP contribution in [0, 0.1) is 0 Å². The summed E-state index contributed by atoms with van der Waals surface area (Å²) < 4.78 is 0. The van der Waals surface area contributed by atoms with Gasteiger partial charge in [0.25, 0.3) is 0 Å². The van der Waals surface area contributed by atoms with Crippen molar-refractivity contribution in [1.82, 2.24) is 5.32 Å². The van der Waals surface area contributed by atoms with Crippen LogP contribution in [-0.4, -0.2) is 13.1 Å². The summed E-state index contributed by atoms with van der Waals surface area (Å²) in [6.45, 7) is 0. The van der Waals surface area contributed by atoms with Crippen LogP contribution in [0.3, 0.4) is 0 Å². The van der Waals surface area contributed by atoms with Gasteiger partial charge in [0.05, 0.1) is 0 Å². The van der Waals surface area contributed by atoms with Crippen LogP contribution >= 0.6 is 24.0 Å². The average Bonchev–Trinajstić information content (AvgIpc) is 2.49. The van der Waals surface area contributed by atoms with Gasteiger partial charge in [-0.3, -0.25) is 0 Å². The van der Waals surface area contributed by atoms with Crippen molar-refractivity contribution in [2.45, 2.75) is 18.9 Å². The van der Waals surface area contributed by atoms with Gasteiger partial charge in [-0.2, -0.15) is 0 Å². The van der Waals surface area contributed by atoms with Gasteiger partial charge < -0.3 is 5.32 Å². The molecule has 0 fully saturated rings. The van der Waals surface area contributed by atoms with Crippen molar-refractivity contribution in [3.8, 4) is 0 Å². The number of rotatable bonds is 1. The van der Waals surface area contributed by atoms with Gasteiger partial charge in [-0.05, 0) is 37.1 Å². The van der Waals surface area contributed by atoms with E-state index < -0.39 is 0 Å². The molecule has 1 aromatic rings. The summed E-state index contributed by atoms with van der Waals surface area (Å²) in [6, 6.07) is 6.75. The minimum Gasteiger partial charge on any atom is -0.316 e. The fourth-order valence-electron chi connectivity index (χ4n) is 1.81. The maximum atomic E-state index is 6.06. The monoisotopic (exact) mass is 217 g/mol. The molecular weight excluding hydrogens is 205 g/mol. The number of hydrogen-bond acceptors (Lipinski definition) is 1. The van der Waals surface area contributed by atoms with Gasteiger partial charge in [0.15, 0.2) is 0 Å². The largest absolute Gasteiger partial charge is 0.316 e. The van der Waals surface area contributed by atoms with E-state index in [0.717, 1.165) is 17.9 Å². The van der Waals surface area contributed by atoms with E-state index in [4.69, 9.17) is 11.6 Å². The number of likely N-dealkylation sites (N-methyl/N-ethyl adjacent to an activating group) is 1. The Morgan fingerprint density at radius 1 is 1.38 bits per heavy atom. The Balaban J connectivity index is 0.000000845. The van der Waals surface area contributed by atoms with E-state index in [0.29, 0.717) is 6.04 Å². The zero-order valence-electron chi connectivity index (χ0n) is 7.51. The van der Waals surface area contributed by atoms with Crippen LogP contribution in [0.2, 0.25) is 5.02 Å². The minimum atomic E-state index is 0. The topological polar surface area (TPSA) is 12.0 Å². The third-order valence-electron chi connectivity index (χ3n) is 2.54. The molecule has 3 heteroatoms. The highest BCUT2D eigenvalue weighted by molar-refractivity contribution is 6.31. The second-order valence-electron chi connectivity index (χ2n) is 3.27. The molecule has 0 bridgehead atoms. The van der Waals surface area contributed by atoms with Crippen molar-refractivity contribution < 1.29 is 0 Å². The Morgan fingerprint density at radius 3 is 2.77 bits per heavy atom. The van der Waals surface area contributed by atoms with Gasteiger partial charge in [-0.1, -0.05) is 23.7 Å². The molecule has 0 saturated heterocycles. The molecule has 1 N–H and O–H groups in total. The van der Waals surface area contributed by atoms with Crippen LogP contribution in [0.25, 0.3) is 0 Å². The first-order chi connectivity index (χ1) is 5.81. The summed E-state index contributed by atoms with van der Waals surface area (Å²) in [5.41, 5.74) is 2.74. The van der Waals surface area contributed by atoms with E-state index in [-0.39, 0.29) is 12.4 Å². The van der Waals surface area contributed by atoms with Crippen LogP contribution < -0.4 is 5.32 Å². The molecule has 1 unspecified atom stereocenters. The number of hydrogen-bond donors (Lipinski definition) is 1. The molecule has 0 radical (unpaired) electrons. The lowest BCUT2D eigenvalue weighted by Gasteiger charge is -2.04. The number of benzene rings is 1. The van der Waals surface area contributed by atoms with E-state index in [1.54, 1.807) is 0 Å².